The quantitative estimate of drug-likeness (QED) is 0.439. The molecular formula is C25H34B2N4O2S. The summed E-state index contributed by atoms with van der Waals surface area (Å²) in [6.45, 7) is 5.58. The molecular weight excluding hydrogens is 442 g/mol. The van der Waals surface area contributed by atoms with E-state index in [4.69, 9.17) is 0 Å². The molecule has 9 heteroatoms. The van der Waals surface area contributed by atoms with Crippen LogP contribution < -0.4 is 0 Å². The van der Waals surface area contributed by atoms with E-state index in [0.717, 1.165) is 37.1 Å². The standard InChI is InChI=1S/C25H34B2N4O2S/c1-26(20-22-10-6-4-7-11-22)31(27(2)21-23-12-8-5-9-13-23)34(32,33)25-16-19-30(28-25)24-14-17-29(3)18-15-24/h4-13,16,19,24H,14-15,17-18,20-21H2,1-3H3. The average Bonchev–Trinajstić information content (AvgIpc) is 3.32. The van der Waals surface area contributed by atoms with Gasteiger partial charge >= 0.3 is 0 Å². The van der Waals surface area contributed by atoms with Crippen molar-refractivity contribution in [1.82, 2.24) is 18.8 Å². The van der Waals surface area contributed by atoms with Gasteiger partial charge in [-0.1, -0.05) is 85.4 Å². The lowest BCUT2D eigenvalue weighted by Crippen LogP contribution is -2.52. The molecule has 0 saturated carbocycles. The van der Waals surface area contributed by atoms with Gasteiger partial charge < -0.3 is 4.90 Å². The van der Waals surface area contributed by atoms with Crippen molar-refractivity contribution in [3.63, 3.8) is 0 Å². The second-order valence-corrected chi connectivity index (χ2v) is 11.4. The zero-order valence-corrected chi connectivity index (χ0v) is 21.2. The molecule has 0 radical (unpaired) electrons. The lowest BCUT2D eigenvalue weighted by atomic mass is 9.48. The van der Waals surface area contributed by atoms with Crippen LogP contribution in [-0.2, 0) is 22.7 Å². The number of piperidine rings is 1. The highest BCUT2D eigenvalue weighted by Gasteiger charge is 2.38. The molecule has 1 saturated heterocycles. The first-order chi connectivity index (χ1) is 16.3. The maximum absolute atomic E-state index is 14.0. The first kappa shape index (κ1) is 24.8. The second kappa shape index (κ2) is 10.9. The van der Waals surface area contributed by atoms with Crippen molar-refractivity contribution in [2.75, 3.05) is 20.1 Å². The minimum Gasteiger partial charge on any atom is -0.306 e. The number of hydrogen-bond donors (Lipinski definition) is 0. The number of hydrogen-bond acceptors (Lipinski definition) is 4. The van der Waals surface area contributed by atoms with E-state index < -0.39 is 10.0 Å². The van der Waals surface area contributed by atoms with E-state index in [9.17, 15) is 8.42 Å². The zero-order valence-electron chi connectivity index (χ0n) is 20.4. The number of rotatable bonds is 9. The van der Waals surface area contributed by atoms with Crippen molar-refractivity contribution in [2.24, 2.45) is 0 Å². The van der Waals surface area contributed by atoms with Gasteiger partial charge in [0.1, 0.15) is 0 Å². The van der Waals surface area contributed by atoms with E-state index in [1.165, 1.54) is 0 Å². The third kappa shape index (κ3) is 5.82. The van der Waals surface area contributed by atoms with Crippen LogP contribution in [0.25, 0.3) is 0 Å². The van der Waals surface area contributed by atoms with E-state index >= 15 is 0 Å². The van der Waals surface area contributed by atoms with Crippen molar-refractivity contribution < 1.29 is 8.42 Å². The Bertz CT molecular complexity index is 1100. The molecule has 0 unspecified atom stereocenters. The molecule has 0 spiro atoms. The molecule has 3 aromatic rings. The average molecular weight is 476 g/mol. The van der Waals surface area contributed by atoms with E-state index in [1.807, 2.05) is 60.9 Å². The Morgan fingerprint density at radius 1 is 0.882 bits per heavy atom. The lowest BCUT2D eigenvalue weighted by Gasteiger charge is -2.31. The molecule has 4 rings (SSSR count). The van der Waals surface area contributed by atoms with E-state index in [1.54, 1.807) is 10.2 Å². The normalized spacial score (nSPS) is 15.5. The van der Waals surface area contributed by atoms with Crippen molar-refractivity contribution in [2.45, 2.75) is 50.2 Å². The van der Waals surface area contributed by atoms with Crippen molar-refractivity contribution >= 4 is 23.7 Å². The summed E-state index contributed by atoms with van der Waals surface area (Å²) in [5, 5.41) is 4.74. The maximum Gasteiger partial charge on any atom is 0.242 e. The second-order valence-electron chi connectivity index (χ2n) is 9.58. The van der Waals surface area contributed by atoms with Crippen LogP contribution >= 0.6 is 0 Å². The summed E-state index contributed by atoms with van der Waals surface area (Å²) in [6.07, 6.45) is 5.10. The molecule has 1 aliphatic rings. The number of likely N-dealkylation sites (tertiary alicyclic amines) is 1. The molecule has 0 amide bonds. The van der Waals surface area contributed by atoms with Gasteiger partial charge in [-0.3, -0.25) is 8.81 Å². The molecule has 0 N–H and O–H groups in total. The Hall–Kier alpha value is -2.35. The van der Waals surface area contributed by atoms with Crippen LogP contribution in [0.15, 0.2) is 78.0 Å². The largest absolute Gasteiger partial charge is 0.306 e. The summed E-state index contributed by atoms with van der Waals surface area (Å²) >= 11 is 0. The Labute approximate surface area is 205 Å². The highest BCUT2D eigenvalue weighted by Crippen LogP contribution is 2.25. The van der Waals surface area contributed by atoms with Crippen molar-refractivity contribution in [3.05, 3.63) is 84.1 Å². The fourth-order valence-electron chi connectivity index (χ4n) is 5.03. The van der Waals surface area contributed by atoms with Gasteiger partial charge in [0.25, 0.3) is 0 Å². The molecule has 1 fully saturated rings. The van der Waals surface area contributed by atoms with Crippen LogP contribution in [0.5, 0.6) is 0 Å². The third-order valence-electron chi connectivity index (χ3n) is 6.80. The van der Waals surface area contributed by atoms with Crippen molar-refractivity contribution in [3.8, 4) is 0 Å². The highest BCUT2D eigenvalue weighted by atomic mass is 32.2. The number of sulfonamides is 1. The molecule has 1 aromatic heterocycles. The molecule has 0 aliphatic carbocycles. The zero-order chi connectivity index (χ0) is 24.1. The molecule has 1 aliphatic heterocycles. The maximum atomic E-state index is 14.0. The van der Waals surface area contributed by atoms with Crippen LogP contribution in [0.1, 0.15) is 30.0 Å². The number of benzene rings is 2. The van der Waals surface area contributed by atoms with Crippen molar-refractivity contribution in [1.29, 1.82) is 0 Å². The van der Waals surface area contributed by atoms with Gasteiger partial charge in [-0.05, 0) is 51.7 Å². The smallest absolute Gasteiger partial charge is 0.242 e. The van der Waals surface area contributed by atoms with E-state index in [2.05, 4.69) is 41.3 Å². The molecule has 2 aromatic carbocycles. The first-order valence-corrected chi connectivity index (χ1v) is 13.6. The Balaban J connectivity index is 1.61. The monoisotopic (exact) mass is 476 g/mol. The van der Waals surface area contributed by atoms with Crippen LogP contribution in [0.2, 0.25) is 13.6 Å². The highest BCUT2D eigenvalue weighted by molar-refractivity contribution is 7.91. The summed E-state index contributed by atoms with van der Waals surface area (Å²) < 4.78 is 31.5. The van der Waals surface area contributed by atoms with Crippen LogP contribution in [0.3, 0.4) is 0 Å². The van der Waals surface area contributed by atoms with Gasteiger partial charge in [-0.25, -0.2) is 8.42 Å². The van der Waals surface area contributed by atoms with Gasteiger partial charge in [0, 0.05) is 6.20 Å². The van der Waals surface area contributed by atoms with Gasteiger partial charge in [-0.15, -0.1) is 0 Å². The van der Waals surface area contributed by atoms with E-state index in [0.29, 0.717) is 12.6 Å². The van der Waals surface area contributed by atoms with Gasteiger partial charge in [-0.2, -0.15) is 5.10 Å². The molecule has 2 heterocycles. The summed E-state index contributed by atoms with van der Waals surface area (Å²) in [4.78, 5) is 2.30. The predicted molar refractivity (Wildman–Crippen MR) is 141 cm³/mol. The first-order valence-electron chi connectivity index (χ1n) is 12.2. The summed E-state index contributed by atoms with van der Waals surface area (Å²) in [6, 6.07) is 22.1. The summed E-state index contributed by atoms with van der Waals surface area (Å²) in [7, 11) is -1.66. The fourth-order valence-corrected chi connectivity index (χ4v) is 6.77. The predicted octanol–water partition coefficient (Wildman–Crippen LogP) is 3.95. The van der Waals surface area contributed by atoms with Gasteiger partial charge in [0.2, 0.25) is 23.7 Å². The number of nitrogens with zero attached hydrogens (tertiary/aromatic N) is 4. The molecule has 0 atom stereocenters. The summed E-state index contributed by atoms with van der Waals surface area (Å²) in [5.74, 6) is 0. The Morgan fingerprint density at radius 3 is 1.88 bits per heavy atom. The van der Waals surface area contributed by atoms with Gasteiger partial charge in [0.15, 0.2) is 5.03 Å². The Kier molecular flexibility index (Phi) is 7.96. The van der Waals surface area contributed by atoms with Crippen LogP contribution in [-0.4, -0.2) is 61.1 Å². The van der Waals surface area contributed by atoms with Crippen LogP contribution in [0, 0.1) is 0 Å². The third-order valence-corrected chi connectivity index (χ3v) is 8.83. The minimum atomic E-state index is -3.78. The van der Waals surface area contributed by atoms with E-state index in [-0.39, 0.29) is 24.8 Å². The molecule has 0 bridgehead atoms. The SMILES string of the molecule is CB(Cc1ccccc1)N(B(C)Cc1ccccc1)S(=O)(=O)c1ccn(C2CCN(C)CC2)n1. The molecule has 178 valence electrons. The molecule has 34 heavy (non-hydrogen) atoms. The number of aromatic nitrogens is 2. The summed E-state index contributed by atoms with van der Waals surface area (Å²) in [5.41, 5.74) is 2.25. The topological polar surface area (TPSA) is 58.4 Å². The molecule has 6 nitrogen and oxygen atoms in total. The van der Waals surface area contributed by atoms with Gasteiger partial charge in [0.05, 0.1) is 6.04 Å². The lowest BCUT2D eigenvalue weighted by molar-refractivity contribution is 0.211. The fraction of sp³-hybridized carbons (Fsp3) is 0.400. The van der Waals surface area contributed by atoms with Crippen LogP contribution in [0.4, 0.5) is 0 Å². The minimum absolute atomic E-state index is 0.145. The Morgan fingerprint density at radius 2 is 1.38 bits per heavy atom.